The van der Waals surface area contributed by atoms with Crippen molar-refractivity contribution in [3.05, 3.63) is 40.2 Å². The lowest BCUT2D eigenvalue weighted by Crippen LogP contribution is -1.82. The van der Waals surface area contributed by atoms with Gasteiger partial charge < -0.3 is 4.42 Å². The van der Waals surface area contributed by atoms with Crippen LogP contribution in [-0.2, 0) is 5.88 Å². The van der Waals surface area contributed by atoms with Crippen LogP contribution in [0.1, 0.15) is 11.3 Å². The molecule has 0 unspecified atom stereocenters. The van der Waals surface area contributed by atoms with E-state index in [0.717, 1.165) is 15.7 Å². The monoisotopic (exact) mass is 285 g/mol. The van der Waals surface area contributed by atoms with Crippen LogP contribution in [0.2, 0.25) is 0 Å². The minimum absolute atomic E-state index is 0.372. The van der Waals surface area contributed by atoms with Crippen molar-refractivity contribution in [1.29, 1.82) is 0 Å². The van der Waals surface area contributed by atoms with Gasteiger partial charge in [0.25, 0.3) is 0 Å². The number of alkyl halides is 1. The summed E-state index contributed by atoms with van der Waals surface area (Å²) in [4.78, 5) is 4.25. The van der Waals surface area contributed by atoms with Gasteiger partial charge in [0.1, 0.15) is 6.26 Å². The van der Waals surface area contributed by atoms with Crippen LogP contribution in [0, 0.1) is 6.92 Å². The molecular weight excluding hydrogens is 277 g/mol. The van der Waals surface area contributed by atoms with Gasteiger partial charge in [0, 0.05) is 10.0 Å². The molecule has 0 N–H and O–H groups in total. The van der Waals surface area contributed by atoms with E-state index in [4.69, 9.17) is 16.0 Å². The second-order valence-electron chi connectivity index (χ2n) is 3.24. The summed E-state index contributed by atoms with van der Waals surface area (Å²) in [7, 11) is 0. The minimum Gasteiger partial charge on any atom is -0.444 e. The number of aromatic nitrogens is 1. The average Bonchev–Trinajstić information content (AvgIpc) is 2.70. The smallest absolute Gasteiger partial charge is 0.226 e. The third kappa shape index (κ3) is 2.24. The molecule has 2 nitrogen and oxygen atoms in total. The number of benzene rings is 1. The molecule has 0 aliphatic heterocycles. The molecule has 15 heavy (non-hydrogen) atoms. The van der Waals surface area contributed by atoms with Gasteiger partial charge in [-0.3, -0.25) is 0 Å². The largest absolute Gasteiger partial charge is 0.444 e. The van der Waals surface area contributed by atoms with Crippen LogP contribution < -0.4 is 0 Å². The van der Waals surface area contributed by atoms with E-state index in [2.05, 4.69) is 20.9 Å². The summed E-state index contributed by atoms with van der Waals surface area (Å²) >= 11 is 9.12. The molecule has 2 aromatic rings. The number of hydrogen-bond donors (Lipinski definition) is 0. The van der Waals surface area contributed by atoms with Gasteiger partial charge in [-0.15, -0.1) is 11.6 Å². The quantitative estimate of drug-likeness (QED) is 0.775. The molecular formula is C11H9BrClNO. The fourth-order valence-electron chi connectivity index (χ4n) is 1.23. The molecule has 1 aromatic heterocycles. The Bertz CT molecular complexity index is 481. The molecule has 4 heteroatoms. The van der Waals surface area contributed by atoms with E-state index in [1.54, 1.807) is 6.26 Å². The van der Waals surface area contributed by atoms with E-state index < -0.39 is 0 Å². The number of nitrogens with zero attached hydrogens (tertiary/aromatic N) is 1. The first-order valence-electron chi connectivity index (χ1n) is 4.47. The van der Waals surface area contributed by atoms with Crippen LogP contribution in [0.4, 0.5) is 0 Å². The summed E-state index contributed by atoms with van der Waals surface area (Å²) in [5.74, 6) is 0.975. The van der Waals surface area contributed by atoms with Gasteiger partial charge in [0.2, 0.25) is 5.89 Å². The Morgan fingerprint density at radius 1 is 1.47 bits per heavy atom. The first-order chi connectivity index (χ1) is 7.20. The van der Waals surface area contributed by atoms with Crippen LogP contribution in [-0.4, -0.2) is 4.98 Å². The van der Waals surface area contributed by atoms with Crippen molar-refractivity contribution in [2.75, 3.05) is 0 Å². The Kier molecular flexibility index (Phi) is 3.12. The Morgan fingerprint density at radius 3 is 2.87 bits per heavy atom. The van der Waals surface area contributed by atoms with Gasteiger partial charge in [0.05, 0.1) is 11.6 Å². The Balaban J connectivity index is 2.40. The van der Waals surface area contributed by atoms with Gasteiger partial charge in [-0.1, -0.05) is 22.0 Å². The fraction of sp³-hybridized carbons (Fsp3) is 0.182. The highest BCUT2D eigenvalue weighted by Gasteiger charge is 2.07. The molecule has 2 rings (SSSR count). The maximum atomic E-state index is 5.65. The number of halogens is 2. The highest BCUT2D eigenvalue weighted by atomic mass is 79.9. The maximum absolute atomic E-state index is 5.65. The summed E-state index contributed by atoms with van der Waals surface area (Å²) < 4.78 is 6.37. The Morgan fingerprint density at radius 2 is 2.27 bits per heavy atom. The third-order valence-corrected chi connectivity index (χ3v) is 3.24. The van der Waals surface area contributed by atoms with Crippen LogP contribution in [0.5, 0.6) is 0 Å². The molecule has 0 aliphatic carbocycles. The predicted octanol–water partition coefficient (Wildman–Crippen LogP) is 4.15. The maximum Gasteiger partial charge on any atom is 0.226 e. The minimum atomic E-state index is 0.372. The molecule has 0 fully saturated rings. The lowest BCUT2D eigenvalue weighted by atomic mass is 10.1. The van der Waals surface area contributed by atoms with Gasteiger partial charge in [-0.25, -0.2) is 4.98 Å². The highest BCUT2D eigenvalue weighted by Crippen LogP contribution is 2.25. The number of oxazole rings is 1. The zero-order valence-corrected chi connectivity index (χ0v) is 10.5. The zero-order chi connectivity index (χ0) is 10.8. The zero-order valence-electron chi connectivity index (χ0n) is 8.13. The van der Waals surface area contributed by atoms with E-state index >= 15 is 0 Å². The summed E-state index contributed by atoms with van der Waals surface area (Å²) in [5.41, 5.74) is 2.88. The average molecular weight is 287 g/mol. The highest BCUT2D eigenvalue weighted by molar-refractivity contribution is 9.10. The first-order valence-corrected chi connectivity index (χ1v) is 5.80. The lowest BCUT2D eigenvalue weighted by Gasteiger charge is -1.99. The fourth-order valence-corrected chi connectivity index (χ4v) is 1.73. The summed E-state index contributed by atoms with van der Waals surface area (Å²) in [6, 6.07) is 5.98. The molecule has 1 heterocycles. The van der Waals surface area contributed by atoms with Crippen LogP contribution >= 0.6 is 27.5 Å². The second-order valence-corrected chi connectivity index (χ2v) is 4.36. The molecule has 0 amide bonds. The van der Waals surface area contributed by atoms with E-state index in [1.165, 1.54) is 5.56 Å². The molecule has 1 aromatic carbocycles. The summed E-state index contributed by atoms with van der Waals surface area (Å²) in [6.07, 6.45) is 1.58. The topological polar surface area (TPSA) is 26.0 Å². The van der Waals surface area contributed by atoms with E-state index in [-0.39, 0.29) is 0 Å². The van der Waals surface area contributed by atoms with Crippen molar-refractivity contribution in [3.63, 3.8) is 0 Å². The number of aryl methyl sites for hydroxylation is 1. The Hall–Kier alpha value is -0.800. The van der Waals surface area contributed by atoms with Gasteiger partial charge in [0.15, 0.2) is 0 Å². The second kappa shape index (κ2) is 4.37. The van der Waals surface area contributed by atoms with Crippen LogP contribution in [0.15, 0.2) is 33.4 Å². The summed E-state index contributed by atoms with van der Waals surface area (Å²) in [5, 5.41) is 0. The standard InChI is InChI=1S/C11H9BrClNO/c1-7-2-3-8(4-10(7)12)11-14-9(5-13)6-15-11/h2-4,6H,5H2,1H3. The normalized spacial score (nSPS) is 10.6. The van der Waals surface area contributed by atoms with Gasteiger partial charge >= 0.3 is 0 Å². The number of rotatable bonds is 2. The molecule has 0 saturated carbocycles. The summed E-state index contributed by atoms with van der Waals surface area (Å²) in [6.45, 7) is 2.04. The van der Waals surface area contributed by atoms with Crippen molar-refractivity contribution < 1.29 is 4.42 Å². The molecule has 0 atom stereocenters. The third-order valence-electron chi connectivity index (χ3n) is 2.11. The van der Waals surface area contributed by atoms with E-state index in [1.807, 2.05) is 25.1 Å². The SMILES string of the molecule is Cc1ccc(-c2nc(CCl)co2)cc1Br. The Labute approximate surface area is 101 Å². The molecule has 0 bridgehead atoms. The molecule has 78 valence electrons. The van der Waals surface area contributed by atoms with Crippen molar-refractivity contribution in [2.24, 2.45) is 0 Å². The molecule has 0 spiro atoms. The van der Waals surface area contributed by atoms with E-state index in [0.29, 0.717) is 11.8 Å². The van der Waals surface area contributed by atoms with Crippen LogP contribution in [0.25, 0.3) is 11.5 Å². The van der Waals surface area contributed by atoms with Gasteiger partial charge in [-0.2, -0.15) is 0 Å². The predicted molar refractivity (Wildman–Crippen MR) is 63.9 cm³/mol. The van der Waals surface area contributed by atoms with Crippen molar-refractivity contribution >= 4 is 27.5 Å². The molecule has 0 saturated heterocycles. The molecule has 0 radical (unpaired) electrons. The number of hydrogen-bond acceptors (Lipinski definition) is 2. The van der Waals surface area contributed by atoms with Crippen molar-refractivity contribution in [2.45, 2.75) is 12.8 Å². The van der Waals surface area contributed by atoms with Crippen molar-refractivity contribution in [3.8, 4) is 11.5 Å². The van der Waals surface area contributed by atoms with Crippen LogP contribution in [0.3, 0.4) is 0 Å². The van der Waals surface area contributed by atoms with Gasteiger partial charge in [-0.05, 0) is 24.6 Å². The molecule has 0 aliphatic rings. The van der Waals surface area contributed by atoms with E-state index in [9.17, 15) is 0 Å². The first kappa shape index (κ1) is 10.7. The van der Waals surface area contributed by atoms with Crippen molar-refractivity contribution in [1.82, 2.24) is 4.98 Å². The lowest BCUT2D eigenvalue weighted by molar-refractivity contribution is 0.573.